The summed E-state index contributed by atoms with van der Waals surface area (Å²) in [5.41, 5.74) is 1.87. The molecule has 1 aromatic heterocycles. The van der Waals surface area contributed by atoms with Crippen LogP contribution in [0, 0.1) is 0 Å². The molecule has 1 aromatic rings. The Labute approximate surface area is 90.3 Å². The number of aromatic nitrogens is 1. The number of hydrogen-bond acceptors (Lipinski definition) is 2. The van der Waals surface area contributed by atoms with Crippen molar-refractivity contribution in [3.63, 3.8) is 0 Å². The molecule has 3 heteroatoms. The first-order valence-corrected chi connectivity index (χ1v) is 4.74. The lowest BCUT2D eigenvalue weighted by Gasteiger charge is -2.04. The average molecular weight is 201 g/mol. The van der Waals surface area contributed by atoms with Crippen LogP contribution in [0.4, 0.5) is 0 Å². The fourth-order valence-corrected chi connectivity index (χ4v) is 1.15. The summed E-state index contributed by atoms with van der Waals surface area (Å²) in [5.74, 6) is 0.804. The van der Waals surface area contributed by atoms with Crippen LogP contribution in [0.5, 0.6) is 0 Å². The Balaban J connectivity index is 2.99. The number of pyridine rings is 1. The highest BCUT2D eigenvalue weighted by Gasteiger charge is 1.99. The van der Waals surface area contributed by atoms with Gasteiger partial charge >= 0.3 is 0 Å². The van der Waals surface area contributed by atoms with E-state index in [1.807, 2.05) is 32.2 Å². The number of nitrogens with one attached hydrogen (secondary N) is 1. The van der Waals surface area contributed by atoms with Crippen molar-refractivity contribution in [1.82, 2.24) is 10.3 Å². The highest BCUT2D eigenvalue weighted by molar-refractivity contribution is 5.98. The van der Waals surface area contributed by atoms with Crippen molar-refractivity contribution >= 4 is 5.84 Å². The van der Waals surface area contributed by atoms with E-state index in [-0.39, 0.29) is 0 Å². The minimum atomic E-state index is 0.804. The van der Waals surface area contributed by atoms with Crippen molar-refractivity contribution in [2.45, 2.75) is 6.92 Å². The number of aliphatic imine (C=N–C) groups is 1. The molecule has 0 saturated heterocycles. The van der Waals surface area contributed by atoms with Crippen molar-refractivity contribution in [2.24, 2.45) is 4.99 Å². The van der Waals surface area contributed by atoms with Crippen LogP contribution in [0.25, 0.3) is 0 Å². The molecule has 0 atom stereocenters. The third-order valence-corrected chi connectivity index (χ3v) is 1.82. The van der Waals surface area contributed by atoms with E-state index in [1.165, 1.54) is 0 Å². The Hall–Kier alpha value is -1.90. The summed E-state index contributed by atoms with van der Waals surface area (Å²) in [6.07, 6.45) is 7.09. The first kappa shape index (κ1) is 11.2. The molecule has 0 aliphatic heterocycles. The summed E-state index contributed by atoms with van der Waals surface area (Å²) in [4.78, 5) is 8.46. The fourth-order valence-electron chi connectivity index (χ4n) is 1.15. The van der Waals surface area contributed by atoms with Gasteiger partial charge in [-0.2, -0.15) is 0 Å². The molecule has 3 nitrogen and oxygen atoms in total. The van der Waals surface area contributed by atoms with Gasteiger partial charge in [-0.05, 0) is 25.1 Å². The van der Waals surface area contributed by atoms with Gasteiger partial charge in [0.2, 0.25) is 0 Å². The molecule has 0 fully saturated rings. The topological polar surface area (TPSA) is 37.3 Å². The Morgan fingerprint density at radius 2 is 2.40 bits per heavy atom. The van der Waals surface area contributed by atoms with Crippen LogP contribution >= 0.6 is 0 Å². The molecular weight excluding hydrogens is 186 g/mol. The third-order valence-electron chi connectivity index (χ3n) is 1.82. The van der Waals surface area contributed by atoms with Crippen LogP contribution in [-0.2, 0) is 0 Å². The minimum Gasteiger partial charge on any atom is -0.373 e. The Kier molecular flexibility index (Phi) is 4.29. The highest BCUT2D eigenvalue weighted by atomic mass is 15.0. The van der Waals surface area contributed by atoms with E-state index >= 15 is 0 Å². The summed E-state index contributed by atoms with van der Waals surface area (Å²) >= 11 is 0. The smallest absolute Gasteiger partial charge is 0.134 e. The Morgan fingerprint density at radius 3 is 2.93 bits per heavy atom. The van der Waals surface area contributed by atoms with Crippen molar-refractivity contribution in [3.05, 3.63) is 54.5 Å². The van der Waals surface area contributed by atoms with Gasteiger partial charge in [0.25, 0.3) is 0 Å². The summed E-state index contributed by atoms with van der Waals surface area (Å²) in [6, 6.07) is 3.85. The van der Waals surface area contributed by atoms with Gasteiger partial charge in [-0.3, -0.25) is 4.98 Å². The van der Waals surface area contributed by atoms with E-state index < -0.39 is 0 Å². The zero-order valence-electron chi connectivity index (χ0n) is 9.07. The third kappa shape index (κ3) is 3.38. The number of allylic oxidation sites excluding steroid dienone is 3. The van der Waals surface area contributed by atoms with Gasteiger partial charge in [0.15, 0.2) is 0 Å². The van der Waals surface area contributed by atoms with E-state index in [9.17, 15) is 0 Å². The minimum absolute atomic E-state index is 0.804. The molecule has 1 heterocycles. The van der Waals surface area contributed by atoms with Crippen LogP contribution in [0.1, 0.15) is 12.5 Å². The molecule has 0 aromatic carbocycles. The van der Waals surface area contributed by atoms with Crippen molar-refractivity contribution in [2.75, 3.05) is 7.05 Å². The van der Waals surface area contributed by atoms with E-state index in [0.29, 0.717) is 0 Å². The Morgan fingerprint density at radius 1 is 1.60 bits per heavy atom. The predicted octanol–water partition coefficient (Wildman–Crippen LogP) is 2.14. The molecule has 1 N–H and O–H groups in total. The van der Waals surface area contributed by atoms with Crippen LogP contribution in [-0.4, -0.2) is 17.9 Å². The molecule has 0 radical (unpaired) electrons. The fraction of sp³-hybridized carbons (Fsp3) is 0.167. The second-order valence-corrected chi connectivity index (χ2v) is 3.00. The first-order valence-electron chi connectivity index (χ1n) is 4.74. The van der Waals surface area contributed by atoms with E-state index in [2.05, 4.69) is 21.9 Å². The number of hydrogen-bond donors (Lipinski definition) is 1. The molecule has 0 bridgehead atoms. The lowest BCUT2D eigenvalue weighted by molar-refractivity contribution is 1.13. The van der Waals surface area contributed by atoms with Gasteiger partial charge in [0.1, 0.15) is 5.84 Å². The summed E-state index contributed by atoms with van der Waals surface area (Å²) in [7, 11) is 1.84. The van der Waals surface area contributed by atoms with Crippen LogP contribution in [0.3, 0.4) is 0 Å². The normalized spacial score (nSPS) is 12.4. The second kappa shape index (κ2) is 5.75. The lowest BCUT2D eigenvalue weighted by atomic mass is 10.2. The average Bonchev–Trinajstić information content (AvgIpc) is 2.27. The van der Waals surface area contributed by atoms with Gasteiger partial charge in [0, 0.05) is 30.7 Å². The zero-order chi connectivity index (χ0) is 11.1. The van der Waals surface area contributed by atoms with Crippen molar-refractivity contribution in [3.8, 4) is 0 Å². The van der Waals surface area contributed by atoms with Gasteiger partial charge in [-0.25, -0.2) is 4.99 Å². The number of nitrogens with zero attached hydrogens (tertiary/aromatic N) is 2. The maximum absolute atomic E-state index is 4.41. The summed E-state index contributed by atoms with van der Waals surface area (Å²) < 4.78 is 0. The van der Waals surface area contributed by atoms with Crippen molar-refractivity contribution in [1.29, 1.82) is 0 Å². The molecule has 0 aliphatic carbocycles. The maximum Gasteiger partial charge on any atom is 0.134 e. The SMILES string of the molecule is C=C/C=C(C)/N=C(\NC)c1cccnc1. The van der Waals surface area contributed by atoms with Crippen LogP contribution < -0.4 is 5.32 Å². The van der Waals surface area contributed by atoms with Crippen LogP contribution in [0.2, 0.25) is 0 Å². The highest BCUT2D eigenvalue weighted by Crippen LogP contribution is 2.01. The molecule has 0 saturated carbocycles. The standard InChI is InChI=1S/C12H15N3/c1-4-6-10(2)15-12(13-3)11-7-5-8-14-9-11/h4-9H,1H2,2-3H3,(H,13,15)/b10-6+. The zero-order valence-corrected chi connectivity index (χ0v) is 9.07. The largest absolute Gasteiger partial charge is 0.373 e. The van der Waals surface area contributed by atoms with E-state index in [1.54, 1.807) is 18.5 Å². The monoisotopic (exact) mass is 201 g/mol. The van der Waals surface area contributed by atoms with Gasteiger partial charge in [-0.1, -0.05) is 12.7 Å². The predicted molar refractivity (Wildman–Crippen MR) is 63.8 cm³/mol. The molecule has 0 unspecified atom stereocenters. The van der Waals surface area contributed by atoms with E-state index in [4.69, 9.17) is 0 Å². The van der Waals surface area contributed by atoms with Gasteiger partial charge in [0.05, 0.1) is 0 Å². The van der Waals surface area contributed by atoms with Crippen LogP contribution in [0.15, 0.2) is 53.9 Å². The first-order chi connectivity index (χ1) is 7.27. The quantitative estimate of drug-likeness (QED) is 0.462. The molecule has 78 valence electrons. The summed E-state index contributed by atoms with van der Waals surface area (Å²) in [6.45, 7) is 5.55. The molecular formula is C12H15N3. The second-order valence-electron chi connectivity index (χ2n) is 3.00. The molecule has 0 spiro atoms. The number of rotatable bonds is 3. The number of amidine groups is 1. The van der Waals surface area contributed by atoms with Gasteiger partial charge < -0.3 is 5.32 Å². The molecule has 0 amide bonds. The maximum atomic E-state index is 4.41. The van der Waals surface area contributed by atoms with Crippen molar-refractivity contribution < 1.29 is 0 Å². The summed E-state index contributed by atoms with van der Waals surface area (Å²) in [5, 5.41) is 3.04. The Bertz CT molecular complexity index is 377. The lowest BCUT2D eigenvalue weighted by Crippen LogP contribution is -2.19. The molecule has 0 aliphatic rings. The van der Waals surface area contributed by atoms with Gasteiger partial charge in [-0.15, -0.1) is 0 Å². The molecule has 1 rings (SSSR count). The van der Waals surface area contributed by atoms with E-state index in [0.717, 1.165) is 17.1 Å². The molecule has 15 heavy (non-hydrogen) atoms.